The van der Waals surface area contributed by atoms with Crippen LogP contribution in [-0.4, -0.2) is 29.5 Å². The number of hydrazone groups is 1. The summed E-state index contributed by atoms with van der Waals surface area (Å²) in [5.41, 5.74) is 1.25. The number of nitrogens with zero attached hydrogens (tertiary/aromatic N) is 2. The first-order valence-electron chi connectivity index (χ1n) is 8.79. The molecule has 1 saturated carbocycles. The summed E-state index contributed by atoms with van der Waals surface area (Å²) >= 11 is 0. The second kappa shape index (κ2) is 5.69. The van der Waals surface area contributed by atoms with Crippen molar-refractivity contribution in [2.75, 3.05) is 6.54 Å². The molecular weight excluding hydrogens is 272 g/mol. The fourth-order valence-electron chi connectivity index (χ4n) is 3.79. The van der Waals surface area contributed by atoms with E-state index in [0.717, 1.165) is 12.5 Å². The lowest BCUT2D eigenvalue weighted by Gasteiger charge is -2.20. The second-order valence-corrected chi connectivity index (χ2v) is 7.32. The standard InChI is InChI=1S/C19H26N2O/c1-19(18(22-19)12-15-8-4-2-5-9-15)14-20-21-13-17(21)16-10-6-3-7-11-16/h3,6-7,10-11,14-15,17-18H,2,4-5,8-9,12-13H2,1H3/b20-14+. The van der Waals surface area contributed by atoms with E-state index in [1.807, 2.05) is 6.21 Å². The fourth-order valence-corrected chi connectivity index (χ4v) is 3.79. The number of rotatable bonds is 5. The normalized spacial score (nSPS) is 35.0. The smallest absolute Gasteiger partial charge is 0.129 e. The van der Waals surface area contributed by atoms with E-state index in [1.165, 1.54) is 44.1 Å². The van der Waals surface area contributed by atoms with Gasteiger partial charge in [-0.25, -0.2) is 0 Å². The summed E-state index contributed by atoms with van der Waals surface area (Å²) < 4.78 is 5.95. The van der Waals surface area contributed by atoms with Gasteiger partial charge in [0.05, 0.1) is 24.9 Å². The summed E-state index contributed by atoms with van der Waals surface area (Å²) in [7, 11) is 0. The summed E-state index contributed by atoms with van der Waals surface area (Å²) in [6.45, 7) is 3.22. The molecule has 22 heavy (non-hydrogen) atoms. The molecule has 0 spiro atoms. The summed E-state index contributed by atoms with van der Waals surface area (Å²) in [6.07, 6.45) is 10.7. The third-order valence-corrected chi connectivity index (χ3v) is 5.48. The first-order valence-corrected chi connectivity index (χ1v) is 8.79. The minimum Gasteiger partial charge on any atom is -0.360 e. The van der Waals surface area contributed by atoms with Crippen LogP contribution in [0.1, 0.15) is 57.1 Å². The summed E-state index contributed by atoms with van der Waals surface area (Å²) in [5.74, 6) is 0.882. The highest BCUT2D eigenvalue weighted by atomic mass is 16.6. The van der Waals surface area contributed by atoms with E-state index in [2.05, 4.69) is 47.4 Å². The van der Waals surface area contributed by atoms with Crippen LogP contribution in [0.2, 0.25) is 0 Å². The van der Waals surface area contributed by atoms with Crippen molar-refractivity contribution < 1.29 is 4.74 Å². The Labute approximate surface area is 133 Å². The van der Waals surface area contributed by atoms with E-state index in [0.29, 0.717) is 12.1 Å². The molecule has 3 unspecified atom stereocenters. The van der Waals surface area contributed by atoms with Gasteiger partial charge in [0.1, 0.15) is 5.60 Å². The Morgan fingerprint density at radius 3 is 2.77 bits per heavy atom. The van der Waals surface area contributed by atoms with Crippen molar-refractivity contribution in [3.8, 4) is 0 Å². The molecule has 3 aliphatic rings. The molecule has 3 fully saturated rings. The predicted molar refractivity (Wildman–Crippen MR) is 88.9 cm³/mol. The highest BCUT2D eigenvalue weighted by Gasteiger charge is 2.52. The van der Waals surface area contributed by atoms with Crippen LogP contribution in [-0.2, 0) is 4.74 Å². The first kappa shape index (κ1) is 14.3. The Kier molecular flexibility index (Phi) is 3.69. The minimum atomic E-state index is -0.110. The zero-order chi connectivity index (χ0) is 15.0. The molecule has 2 heterocycles. The molecule has 3 atom stereocenters. The van der Waals surface area contributed by atoms with Crippen molar-refractivity contribution in [1.82, 2.24) is 5.01 Å². The van der Waals surface area contributed by atoms with Crippen molar-refractivity contribution in [3.05, 3.63) is 35.9 Å². The van der Waals surface area contributed by atoms with Crippen LogP contribution in [0.25, 0.3) is 0 Å². The van der Waals surface area contributed by atoms with Crippen LogP contribution in [0.4, 0.5) is 0 Å². The molecule has 2 aliphatic heterocycles. The molecule has 1 aliphatic carbocycles. The maximum absolute atomic E-state index is 5.95. The molecule has 3 nitrogen and oxygen atoms in total. The SMILES string of the molecule is CC1(/C=N/N2CC2c2ccccc2)OC1CC1CCCCC1. The molecule has 4 rings (SSSR count). The highest BCUT2D eigenvalue weighted by molar-refractivity contribution is 5.72. The molecule has 1 aromatic rings. The van der Waals surface area contributed by atoms with Gasteiger partial charge in [0.15, 0.2) is 0 Å². The van der Waals surface area contributed by atoms with Crippen molar-refractivity contribution in [2.45, 2.75) is 63.2 Å². The van der Waals surface area contributed by atoms with Crippen LogP contribution >= 0.6 is 0 Å². The van der Waals surface area contributed by atoms with Crippen LogP contribution in [0, 0.1) is 5.92 Å². The Balaban J connectivity index is 1.27. The highest BCUT2D eigenvalue weighted by Crippen LogP contribution is 2.42. The van der Waals surface area contributed by atoms with E-state index in [-0.39, 0.29) is 5.60 Å². The lowest BCUT2D eigenvalue weighted by Crippen LogP contribution is -2.17. The maximum atomic E-state index is 5.95. The van der Waals surface area contributed by atoms with Gasteiger partial charge in [0.2, 0.25) is 0 Å². The van der Waals surface area contributed by atoms with Gasteiger partial charge >= 0.3 is 0 Å². The van der Waals surface area contributed by atoms with Gasteiger partial charge in [-0.15, -0.1) is 0 Å². The van der Waals surface area contributed by atoms with Gasteiger partial charge in [0.25, 0.3) is 0 Å². The van der Waals surface area contributed by atoms with E-state index in [9.17, 15) is 0 Å². The van der Waals surface area contributed by atoms with Gasteiger partial charge in [-0.2, -0.15) is 5.10 Å². The molecule has 0 radical (unpaired) electrons. The number of hydrogen-bond donors (Lipinski definition) is 0. The monoisotopic (exact) mass is 298 g/mol. The zero-order valence-corrected chi connectivity index (χ0v) is 13.4. The predicted octanol–water partition coefficient (Wildman–Crippen LogP) is 4.16. The van der Waals surface area contributed by atoms with Gasteiger partial charge < -0.3 is 4.74 Å². The summed E-state index contributed by atoms with van der Waals surface area (Å²) in [5, 5.41) is 6.81. The minimum absolute atomic E-state index is 0.110. The molecule has 0 N–H and O–H groups in total. The molecule has 0 bridgehead atoms. The lowest BCUT2D eigenvalue weighted by molar-refractivity contribution is 0.286. The zero-order valence-electron chi connectivity index (χ0n) is 13.4. The Morgan fingerprint density at radius 1 is 1.23 bits per heavy atom. The number of epoxide rings is 1. The van der Waals surface area contributed by atoms with Crippen LogP contribution in [0.15, 0.2) is 35.4 Å². The number of hydrogen-bond acceptors (Lipinski definition) is 3. The topological polar surface area (TPSA) is 27.9 Å². The van der Waals surface area contributed by atoms with Crippen LogP contribution in [0.5, 0.6) is 0 Å². The van der Waals surface area contributed by atoms with Crippen LogP contribution < -0.4 is 0 Å². The van der Waals surface area contributed by atoms with Crippen molar-refractivity contribution in [2.24, 2.45) is 11.0 Å². The number of benzene rings is 1. The quantitative estimate of drug-likeness (QED) is 0.603. The van der Waals surface area contributed by atoms with Gasteiger partial charge in [-0.1, -0.05) is 62.4 Å². The molecular formula is C19H26N2O. The van der Waals surface area contributed by atoms with Gasteiger partial charge in [-0.05, 0) is 24.8 Å². The summed E-state index contributed by atoms with van der Waals surface area (Å²) in [6, 6.07) is 11.1. The average Bonchev–Trinajstić information content (AvgIpc) is 3.45. The van der Waals surface area contributed by atoms with Crippen molar-refractivity contribution in [1.29, 1.82) is 0 Å². The largest absolute Gasteiger partial charge is 0.360 e. The van der Waals surface area contributed by atoms with Crippen LogP contribution in [0.3, 0.4) is 0 Å². The third kappa shape index (κ3) is 3.05. The summed E-state index contributed by atoms with van der Waals surface area (Å²) in [4.78, 5) is 0. The van der Waals surface area contributed by atoms with E-state index in [1.54, 1.807) is 0 Å². The average molecular weight is 298 g/mol. The van der Waals surface area contributed by atoms with E-state index >= 15 is 0 Å². The van der Waals surface area contributed by atoms with E-state index < -0.39 is 0 Å². The molecule has 0 aromatic heterocycles. The Morgan fingerprint density at radius 2 is 2.00 bits per heavy atom. The third-order valence-electron chi connectivity index (χ3n) is 5.48. The van der Waals surface area contributed by atoms with E-state index in [4.69, 9.17) is 4.74 Å². The Bertz CT molecular complexity index is 538. The first-order chi connectivity index (χ1) is 10.7. The molecule has 3 heteroatoms. The maximum Gasteiger partial charge on any atom is 0.129 e. The van der Waals surface area contributed by atoms with Crippen molar-refractivity contribution in [3.63, 3.8) is 0 Å². The van der Waals surface area contributed by atoms with Crippen molar-refractivity contribution >= 4 is 6.21 Å². The fraction of sp³-hybridized carbons (Fsp3) is 0.632. The molecule has 2 saturated heterocycles. The van der Waals surface area contributed by atoms with Gasteiger partial charge in [0, 0.05) is 0 Å². The Hall–Kier alpha value is -1.35. The lowest BCUT2D eigenvalue weighted by atomic mass is 9.84. The molecule has 1 aromatic carbocycles. The second-order valence-electron chi connectivity index (χ2n) is 7.32. The number of ether oxygens (including phenoxy) is 1. The van der Waals surface area contributed by atoms with Gasteiger partial charge in [-0.3, -0.25) is 5.01 Å². The molecule has 0 amide bonds. The molecule has 118 valence electrons.